The number of sulfonamides is 1. The summed E-state index contributed by atoms with van der Waals surface area (Å²) in [7, 11) is -3.85. The minimum atomic E-state index is -3.85. The Bertz CT molecular complexity index is 1590. The van der Waals surface area contributed by atoms with E-state index in [-0.39, 0.29) is 36.1 Å². The van der Waals surface area contributed by atoms with Crippen LogP contribution in [0.25, 0.3) is 10.8 Å². The molecule has 0 bridgehead atoms. The maximum Gasteiger partial charge on any atom is 0.264 e. The van der Waals surface area contributed by atoms with E-state index in [0.29, 0.717) is 31.6 Å². The van der Waals surface area contributed by atoms with Gasteiger partial charge in [0.1, 0.15) is 6.04 Å². The molecule has 220 valence electrons. The summed E-state index contributed by atoms with van der Waals surface area (Å²) in [5.74, 6) is -0.603. The third kappa shape index (κ3) is 8.18. The number of rotatable bonds is 14. The first-order valence-corrected chi connectivity index (χ1v) is 15.6. The topological polar surface area (TPSA) is 122 Å². The van der Waals surface area contributed by atoms with Gasteiger partial charge in [0.05, 0.1) is 10.6 Å². The average Bonchev–Trinajstić information content (AvgIpc) is 2.99. The molecule has 42 heavy (non-hydrogen) atoms. The molecule has 0 heterocycles. The molecule has 4 N–H and O–H groups in total. The molecule has 4 aromatic carbocycles. The predicted octanol–water partition coefficient (Wildman–Crippen LogP) is 4.32. The number of hydrogen-bond acceptors (Lipinski definition) is 5. The third-order valence-electron chi connectivity index (χ3n) is 7.00. The predicted molar refractivity (Wildman–Crippen MR) is 168 cm³/mol. The van der Waals surface area contributed by atoms with E-state index in [2.05, 4.69) is 10.6 Å². The van der Waals surface area contributed by atoms with Crippen molar-refractivity contribution in [1.82, 2.24) is 10.6 Å². The summed E-state index contributed by atoms with van der Waals surface area (Å²) >= 11 is 0. The molecular weight excluding hydrogens is 548 g/mol. The fraction of sp³-hybridized carbons (Fsp3) is 0.273. The molecule has 0 spiro atoms. The minimum Gasteiger partial charge on any atom is -0.354 e. The largest absolute Gasteiger partial charge is 0.354 e. The first-order valence-electron chi connectivity index (χ1n) is 14.2. The molecule has 2 amide bonds. The van der Waals surface area contributed by atoms with Crippen LogP contribution in [0.5, 0.6) is 0 Å². The monoisotopic (exact) mass is 586 g/mol. The number of nitrogens with two attached hydrogens (primary N) is 1. The van der Waals surface area contributed by atoms with Gasteiger partial charge in [0.15, 0.2) is 0 Å². The zero-order chi connectivity index (χ0) is 30.0. The number of amides is 2. The Labute approximate surface area is 248 Å². The fourth-order valence-corrected chi connectivity index (χ4v) is 6.22. The van der Waals surface area contributed by atoms with Gasteiger partial charge in [-0.25, -0.2) is 8.42 Å². The lowest BCUT2D eigenvalue weighted by molar-refractivity contribution is -0.129. The summed E-state index contributed by atoms with van der Waals surface area (Å²) in [6, 6.07) is 28.7. The molecule has 0 saturated carbocycles. The van der Waals surface area contributed by atoms with E-state index < -0.39 is 16.1 Å². The van der Waals surface area contributed by atoms with E-state index in [1.165, 1.54) is 4.31 Å². The van der Waals surface area contributed by atoms with Crippen molar-refractivity contribution < 1.29 is 18.0 Å². The molecule has 0 aliphatic carbocycles. The number of nitrogens with one attached hydrogen (secondary N) is 2. The van der Waals surface area contributed by atoms with E-state index in [9.17, 15) is 18.0 Å². The third-order valence-corrected chi connectivity index (χ3v) is 8.85. The number of anilines is 1. The Morgan fingerprint density at radius 2 is 1.55 bits per heavy atom. The zero-order valence-corrected chi connectivity index (χ0v) is 24.6. The Hall–Kier alpha value is -4.21. The molecule has 1 atom stereocenters. The van der Waals surface area contributed by atoms with Gasteiger partial charge in [-0.05, 0) is 66.9 Å². The second kappa shape index (κ2) is 14.6. The molecule has 9 heteroatoms. The van der Waals surface area contributed by atoms with Gasteiger partial charge in [-0.1, -0.05) is 78.4 Å². The molecular formula is C33H38N4O4S. The normalized spacial score (nSPS) is 12.0. The SMILES string of the molecule is Cc1ccc(S(=O)(=O)N(CCCC(=O)N[C@H](Cc2ccc3ccccc3c2)C(=O)NCCCN)c2ccccc2)cc1. The van der Waals surface area contributed by atoms with Crippen LogP contribution in [0.3, 0.4) is 0 Å². The molecule has 0 fully saturated rings. The highest BCUT2D eigenvalue weighted by atomic mass is 32.2. The Morgan fingerprint density at radius 1 is 0.857 bits per heavy atom. The number of aryl methyl sites for hydroxylation is 1. The summed E-state index contributed by atoms with van der Waals surface area (Å²) in [4.78, 5) is 26.3. The number of benzene rings is 4. The van der Waals surface area contributed by atoms with Gasteiger partial charge in [0.2, 0.25) is 11.8 Å². The van der Waals surface area contributed by atoms with Crippen molar-refractivity contribution in [3.05, 3.63) is 108 Å². The number of carbonyl (C=O) groups excluding carboxylic acids is 2. The molecule has 0 aliphatic rings. The number of para-hydroxylation sites is 1. The molecule has 0 radical (unpaired) electrons. The maximum atomic E-state index is 13.6. The van der Waals surface area contributed by atoms with Crippen molar-refractivity contribution in [2.24, 2.45) is 5.73 Å². The van der Waals surface area contributed by atoms with E-state index >= 15 is 0 Å². The van der Waals surface area contributed by atoms with Gasteiger partial charge in [-0.15, -0.1) is 0 Å². The highest BCUT2D eigenvalue weighted by Crippen LogP contribution is 2.24. The molecule has 0 aromatic heterocycles. The Morgan fingerprint density at radius 3 is 2.26 bits per heavy atom. The summed E-state index contributed by atoms with van der Waals surface area (Å²) in [5, 5.41) is 7.89. The van der Waals surface area contributed by atoms with Crippen molar-refractivity contribution in [3.8, 4) is 0 Å². The van der Waals surface area contributed by atoms with Crippen LogP contribution >= 0.6 is 0 Å². The molecule has 4 rings (SSSR count). The smallest absolute Gasteiger partial charge is 0.264 e. The average molecular weight is 587 g/mol. The maximum absolute atomic E-state index is 13.6. The van der Waals surface area contributed by atoms with Crippen molar-refractivity contribution in [2.45, 2.75) is 43.5 Å². The van der Waals surface area contributed by atoms with Gasteiger partial charge < -0.3 is 16.4 Å². The molecule has 0 saturated heterocycles. The first kappa shape index (κ1) is 30.7. The summed E-state index contributed by atoms with van der Waals surface area (Å²) in [5.41, 5.74) is 7.98. The second-order valence-corrected chi connectivity index (χ2v) is 12.1. The van der Waals surface area contributed by atoms with Crippen molar-refractivity contribution in [3.63, 3.8) is 0 Å². The number of carbonyl (C=O) groups is 2. The van der Waals surface area contributed by atoms with Gasteiger partial charge in [0.25, 0.3) is 10.0 Å². The highest BCUT2D eigenvalue weighted by molar-refractivity contribution is 7.92. The van der Waals surface area contributed by atoms with Crippen LogP contribution < -0.4 is 20.7 Å². The van der Waals surface area contributed by atoms with Crippen LogP contribution in [0.15, 0.2) is 102 Å². The number of fused-ring (bicyclic) bond motifs is 1. The molecule has 0 aliphatic heterocycles. The summed E-state index contributed by atoms with van der Waals surface area (Å²) in [6.45, 7) is 2.87. The van der Waals surface area contributed by atoms with Gasteiger partial charge in [0, 0.05) is 25.9 Å². The molecule has 4 aromatic rings. The summed E-state index contributed by atoms with van der Waals surface area (Å²) in [6.07, 6.45) is 1.27. The lowest BCUT2D eigenvalue weighted by atomic mass is 10.0. The van der Waals surface area contributed by atoms with Gasteiger partial charge in [-0.3, -0.25) is 13.9 Å². The van der Waals surface area contributed by atoms with Crippen LogP contribution in [-0.4, -0.2) is 45.9 Å². The van der Waals surface area contributed by atoms with E-state index in [1.54, 1.807) is 48.5 Å². The highest BCUT2D eigenvalue weighted by Gasteiger charge is 2.26. The van der Waals surface area contributed by atoms with Crippen LogP contribution in [0.1, 0.15) is 30.4 Å². The van der Waals surface area contributed by atoms with Crippen molar-refractivity contribution in [1.29, 1.82) is 0 Å². The minimum absolute atomic E-state index is 0.0526. The van der Waals surface area contributed by atoms with Crippen LogP contribution in [0.4, 0.5) is 5.69 Å². The standard InChI is InChI=1S/C33H38N4O4S/c1-25-14-18-30(19-15-25)42(40,41)37(29-11-3-2-4-12-29)22-7-13-32(38)36-31(33(39)35-21-8-20-34)24-26-16-17-27-9-5-6-10-28(27)23-26/h2-6,9-12,14-19,23,31H,7-8,13,20-22,24,34H2,1H3,(H,35,39)(H,36,38)/t31-/m1/s1. The van der Waals surface area contributed by atoms with Gasteiger partial charge in [-0.2, -0.15) is 0 Å². The van der Waals surface area contributed by atoms with E-state index in [4.69, 9.17) is 5.73 Å². The van der Waals surface area contributed by atoms with Gasteiger partial charge >= 0.3 is 0 Å². The number of nitrogens with zero attached hydrogens (tertiary/aromatic N) is 1. The van der Waals surface area contributed by atoms with Crippen molar-refractivity contribution >= 4 is 38.3 Å². The Balaban J connectivity index is 1.45. The molecule has 0 unspecified atom stereocenters. The first-order chi connectivity index (χ1) is 20.3. The van der Waals surface area contributed by atoms with E-state index in [0.717, 1.165) is 21.9 Å². The summed E-state index contributed by atoms with van der Waals surface area (Å²) < 4.78 is 28.5. The lowest BCUT2D eigenvalue weighted by Gasteiger charge is -2.25. The second-order valence-electron chi connectivity index (χ2n) is 10.3. The Kier molecular flexibility index (Phi) is 10.7. The van der Waals surface area contributed by atoms with Crippen LogP contribution in [-0.2, 0) is 26.0 Å². The van der Waals surface area contributed by atoms with Crippen molar-refractivity contribution in [2.75, 3.05) is 23.9 Å². The lowest BCUT2D eigenvalue weighted by Crippen LogP contribution is -2.48. The fourth-order valence-electron chi connectivity index (χ4n) is 4.72. The number of hydrogen-bond donors (Lipinski definition) is 3. The molecule has 8 nitrogen and oxygen atoms in total. The van der Waals surface area contributed by atoms with Crippen LogP contribution in [0, 0.1) is 6.92 Å². The van der Waals surface area contributed by atoms with Crippen LogP contribution in [0.2, 0.25) is 0 Å². The quantitative estimate of drug-likeness (QED) is 0.190. The zero-order valence-electron chi connectivity index (χ0n) is 23.8. The van der Waals surface area contributed by atoms with E-state index in [1.807, 2.05) is 55.5 Å².